The molecule has 0 saturated carbocycles. The molecule has 0 spiro atoms. The summed E-state index contributed by atoms with van der Waals surface area (Å²) in [5.41, 5.74) is -6.81. The quantitative estimate of drug-likeness (QED) is 0.779. The third kappa shape index (κ3) is 2.93. The maximum atomic E-state index is 14.5. The highest BCUT2D eigenvalue weighted by molar-refractivity contribution is 7.55. The van der Waals surface area contributed by atoms with Crippen LogP contribution in [0.1, 0.15) is 26.3 Å². The SMILES string of the molecule is CCOP(=O)(OCC)C(F)(F)C(C)(O)c1ccccc1. The van der Waals surface area contributed by atoms with Gasteiger partial charge in [-0.2, -0.15) is 8.78 Å². The number of benzene rings is 1. The lowest BCUT2D eigenvalue weighted by molar-refractivity contribution is -0.137. The summed E-state index contributed by atoms with van der Waals surface area (Å²) in [4.78, 5) is 0. The van der Waals surface area contributed by atoms with Crippen molar-refractivity contribution >= 4 is 7.60 Å². The Morgan fingerprint density at radius 3 is 2.00 bits per heavy atom. The molecule has 20 heavy (non-hydrogen) atoms. The Morgan fingerprint density at radius 1 is 1.15 bits per heavy atom. The maximum absolute atomic E-state index is 14.5. The molecule has 0 radical (unpaired) electrons. The third-order valence-corrected chi connectivity index (χ3v) is 5.18. The van der Waals surface area contributed by atoms with Crippen molar-refractivity contribution < 1.29 is 27.5 Å². The van der Waals surface area contributed by atoms with Crippen LogP contribution in [0.4, 0.5) is 8.78 Å². The van der Waals surface area contributed by atoms with Crippen molar-refractivity contribution in [2.75, 3.05) is 13.2 Å². The monoisotopic (exact) mass is 308 g/mol. The molecule has 0 amide bonds. The van der Waals surface area contributed by atoms with E-state index >= 15 is 0 Å². The fraction of sp³-hybridized carbons (Fsp3) is 0.538. The molecule has 0 aliphatic rings. The second-order valence-electron chi connectivity index (χ2n) is 4.31. The van der Waals surface area contributed by atoms with Crippen LogP contribution in [0.3, 0.4) is 0 Å². The summed E-state index contributed by atoms with van der Waals surface area (Å²) in [6.45, 7) is 3.33. The smallest absolute Gasteiger partial charge is 0.378 e. The summed E-state index contributed by atoms with van der Waals surface area (Å²) >= 11 is 0. The standard InChI is InChI=1S/C13H19F2O4P/c1-4-18-20(17,19-5-2)13(14,15)12(3,16)11-9-7-6-8-10-11/h6-10,16H,4-5H2,1-3H3. The molecular weight excluding hydrogens is 289 g/mol. The van der Waals surface area contributed by atoms with E-state index in [0.29, 0.717) is 0 Å². The molecule has 0 saturated heterocycles. The van der Waals surface area contributed by atoms with Crippen molar-refractivity contribution in [1.29, 1.82) is 0 Å². The molecule has 0 heterocycles. The minimum absolute atomic E-state index is 0.0652. The highest BCUT2D eigenvalue weighted by Gasteiger charge is 2.65. The average Bonchev–Trinajstić information content (AvgIpc) is 2.40. The summed E-state index contributed by atoms with van der Waals surface area (Å²) in [5, 5.41) is 10.2. The maximum Gasteiger partial charge on any atom is 0.403 e. The van der Waals surface area contributed by atoms with E-state index in [4.69, 9.17) is 0 Å². The zero-order valence-electron chi connectivity index (χ0n) is 11.7. The first-order chi connectivity index (χ1) is 9.23. The summed E-state index contributed by atoms with van der Waals surface area (Å²) in [6, 6.07) is 7.30. The minimum atomic E-state index is -4.79. The fourth-order valence-electron chi connectivity index (χ4n) is 1.74. The molecule has 1 rings (SSSR count). The predicted molar refractivity (Wildman–Crippen MR) is 71.8 cm³/mol. The molecule has 1 aromatic carbocycles. The molecule has 0 aliphatic heterocycles. The van der Waals surface area contributed by atoms with E-state index in [1.165, 1.54) is 38.1 Å². The highest BCUT2D eigenvalue weighted by atomic mass is 31.2. The van der Waals surface area contributed by atoms with E-state index in [1.807, 2.05) is 0 Å². The normalized spacial score (nSPS) is 15.9. The van der Waals surface area contributed by atoms with Gasteiger partial charge in [0.1, 0.15) is 0 Å². The van der Waals surface area contributed by atoms with Gasteiger partial charge in [0.25, 0.3) is 0 Å². The molecule has 0 bridgehead atoms. The zero-order chi connectivity index (χ0) is 15.4. The number of rotatable bonds is 7. The molecule has 4 nitrogen and oxygen atoms in total. The first kappa shape index (κ1) is 17.2. The topological polar surface area (TPSA) is 55.8 Å². The number of hydrogen-bond acceptors (Lipinski definition) is 4. The molecule has 1 atom stereocenters. The van der Waals surface area contributed by atoms with Crippen LogP contribution in [0.2, 0.25) is 0 Å². The van der Waals surface area contributed by atoms with Gasteiger partial charge in [-0.05, 0) is 26.3 Å². The van der Waals surface area contributed by atoms with Crippen molar-refractivity contribution in [2.45, 2.75) is 32.0 Å². The molecule has 0 aromatic heterocycles. The number of aliphatic hydroxyl groups is 1. The van der Waals surface area contributed by atoms with Crippen LogP contribution in [0, 0.1) is 0 Å². The van der Waals surface area contributed by atoms with Crippen molar-refractivity contribution in [2.24, 2.45) is 0 Å². The number of alkyl halides is 2. The molecule has 0 aliphatic carbocycles. The molecule has 1 N–H and O–H groups in total. The lowest BCUT2D eigenvalue weighted by Gasteiger charge is -2.36. The third-order valence-electron chi connectivity index (χ3n) is 2.86. The van der Waals surface area contributed by atoms with E-state index < -0.39 is 18.9 Å². The Labute approximate surface area is 117 Å². The molecule has 114 valence electrons. The van der Waals surface area contributed by atoms with E-state index in [-0.39, 0.29) is 18.8 Å². The Morgan fingerprint density at radius 2 is 1.60 bits per heavy atom. The molecular formula is C13H19F2O4P. The van der Waals surface area contributed by atoms with Gasteiger partial charge >= 0.3 is 13.3 Å². The Balaban J connectivity index is 3.28. The van der Waals surface area contributed by atoms with Crippen molar-refractivity contribution in [3.8, 4) is 0 Å². The molecule has 1 aromatic rings. The van der Waals surface area contributed by atoms with Crippen LogP contribution >= 0.6 is 7.60 Å². The van der Waals surface area contributed by atoms with Gasteiger partial charge in [-0.15, -0.1) is 0 Å². The van der Waals surface area contributed by atoms with Crippen LogP contribution in [0.15, 0.2) is 30.3 Å². The van der Waals surface area contributed by atoms with E-state index in [1.54, 1.807) is 6.07 Å². The second kappa shape index (κ2) is 6.31. The van der Waals surface area contributed by atoms with E-state index in [9.17, 15) is 18.5 Å². The van der Waals surface area contributed by atoms with Gasteiger partial charge < -0.3 is 14.2 Å². The summed E-state index contributed by atoms with van der Waals surface area (Å²) in [7, 11) is -4.79. The Kier molecular flexibility index (Phi) is 5.44. The lowest BCUT2D eigenvalue weighted by Crippen LogP contribution is -2.43. The van der Waals surface area contributed by atoms with Crippen molar-refractivity contribution in [3.63, 3.8) is 0 Å². The summed E-state index contributed by atoms with van der Waals surface area (Å²) < 4.78 is 50.7. The summed E-state index contributed by atoms with van der Waals surface area (Å²) in [6.07, 6.45) is 0. The van der Waals surface area contributed by atoms with Gasteiger partial charge in [0, 0.05) is 0 Å². The van der Waals surface area contributed by atoms with Crippen LogP contribution in [-0.2, 0) is 19.2 Å². The van der Waals surface area contributed by atoms with Crippen LogP contribution < -0.4 is 0 Å². The van der Waals surface area contributed by atoms with Gasteiger partial charge in [-0.25, -0.2) is 0 Å². The Hall–Kier alpha value is -0.810. The van der Waals surface area contributed by atoms with E-state index in [0.717, 1.165) is 6.92 Å². The van der Waals surface area contributed by atoms with Gasteiger partial charge in [-0.1, -0.05) is 30.3 Å². The summed E-state index contributed by atoms with van der Waals surface area (Å²) in [5.74, 6) is 0. The van der Waals surface area contributed by atoms with Gasteiger partial charge in [-0.3, -0.25) is 4.57 Å². The van der Waals surface area contributed by atoms with Gasteiger partial charge in [0.15, 0.2) is 5.60 Å². The van der Waals surface area contributed by atoms with Crippen molar-refractivity contribution in [3.05, 3.63) is 35.9 Å². The first-order valence-electron chi connectivity index (χ1n) is 6.28. The van der Waals surface area contributed by atoms with E-state index in [2.05, 4.69) is 9.05 Å². The minimum Gasteiger partial charge on any atom is -0.378 e. The Bertz CT molecular complexity index is 467. The van der Waals surface area contributed by atoms with Gasteiger partial charge in [0.2, 0.25) is 0 Å². The second-order valence-corrected chi connectivity index (χ2v) is 6.39. The largest absolute Gasteiger partial charge is 0.403 e. The lowest BCUT2D eigenvalue weighted by atomic mass is 9.96. The van der Waals surface area contributed by atoms with Crippen LogP contribution in [-0.4, -0.2) is 24.0 Å². The van der Waals surface area contributed by atoms with Crippen LogP contribution in [0.5, 0.6) is 0 Å². The highest BCUT2D eigenvalue weighted by Crippen LogP contribution is 2.67. The molecule has 1 unspecified atom stereocenters. The number of hydrogen-bond donors (Lipinski definition) is 1. The zero-order valence-corrected chi connectivity index (χ0v) is 12.6. The molecule has 0 fully saturated rings. The van der Waals surface area contributed by atoms with Gasteiger partial charge in [0.05, 0.1) is 13.2 Å². The number of halogens is 2. The average molecular weight is 308 g/mol. The first-order valence-corrected chi connectivity index (χ1v) is 7.82. The molecule has 7 heteroatoms. The fourth-order valence-corrected chi connectivity index (χ4v) is 3.48. The van der Waals surface area contributed by atoms with Crippen molar-refractivity contribution in [1.82, 2.24) is 0 Å². The van der Waals surface area contributed by atoms with Crippen LogP contribution in [0.25, 0.3) is 0 Å². The predicted octanol–water partition coefficient (Wildman–Crippen LogP) is 3.75.